The molecule has 0 bridgehead atoms. The molecule has 0 aliphatic rings. The number of hydrogen-bond acceptors (Lipinski definition) is 3. The van der Waals surface area contributed by atoms with Crippen LogP contribution in [-0.2, 0) is 17.8 Å². The lowest BCUT2D eigenvalue weighted by molar-refractivity contribution is 0.0465. The normalized spacial score (nSPS) is 10.8. The SMILES string of the molecule is CCc1c(C(=O)OCc2ccc(OC)c(Br)c2)[nH]c2ccccc12. The van der Waals surface area contributed by atoms with Gasteiger partial charge < -0.3 is 14.5 Å². The van der Waals surface area contributed by atoms with Crippen molar-refractivity contribution in [1.29, 1.82) is 0 Å². The molecule has 0 atom stereocenters. The number of H-pyrrole nitrogens is 1. The number of nitrogens with one attached hydrogen (secondary N) is 1. The van der Waals surface area contributed by atoms with Gasteiger partial charge in [0.15, 0.2) is 0 Å². The molecule has 0 saturated carbocycles. The fraction of sp³-hybridized carbons (Fsp3) is 0.211. The van der Waals surface area contributed by atoms with E-state index >= 15 is 0 Å². The van der Waals surface area contributed by atoms with Crippen LogP contribution < -0.4 is 4.74 Å². The Hall–Kier alpha value is -2.27. The lowest BCUT2D eigenvalue weighted by Crippen LogP contribution is -2.08. The van der Waals surface area contributed by atoms with Gasteiger partial charge in [0, 0.05) is 10.9 Å². The third-order valence-electron chi connectivity index (χ3n) is 3.96. The number of hydrogen-bond donors (Lipinski definition) is 1. The number of aromatic nitrogens is 1. The first-order valence-electron chi connectivity index (χ1n) is 7.73. The average molecular weight is 388 g/mol. The third kappa shape index (κ3) is 3.17. The number of rotatable bonds is 5. The minimum absolute atomic E-state index is 0.208. The van der Waals surface area contributed by atoms with E-state index in [1.54, 1.807) is 7.11 Å². The molecule has 0 aliphatic carbocycles. The average Bonchev–Trinajstić information content (AvgIpc) is 2.98. The van der Waals surface area contributed by atoms with Gasteiger partial charge in [-0.3, -0.25) is 0 Å². The Morgan fingerprint density at radius 3 is 2.71 bits per heavy atom. The fourth-order valence-corrected chi connectivity index (χ4v) is 3.35. The molecule has 124 valence electrons. The summed E-state index contributed by atoms with van der Waals surface area (Å²) in [7, 11) is 1.61. The van der Waals surface area contributed by atoms with Crippen molar-refractivity contribution >= 4 is 32.8 Å². The number of fused-ring (bicyclic) bond motifs is 1. The van der Waals surface area contributed by atoms with Gasteiger partial charge in [-0.05, 0) is 51.7 Å². The van der Waals surface area contributed by atoms with E-state index in [1.165, 1.54) is 0 Å². The van der Waals surface area contributed by atoms with Gasteiger partial charge in [0.05, 0.1) is 11.6 Å². The molecular formula is C19H18BrNO3. The summed E-state index contributed by atoms with van der Waals surface area (Å²) in [6, 6.07) is 13.5. The van der Waals surface area contributed by atoms with Crippen LogP contribution in [0.25, 0.3) is 10.9 Å². The second kappa shape index (κ2) is 7.09. The Morgan fingerprint density at radius 2 is 2.00 bits per heavy atom. The standard InChI is InChI=1S/C19H18BrNO3/c1-3-13-14-6-4-5-7-16(14)21-18(13)19(22)24-11-12-8-9-17(23-2)15(20)10-12/h4-10,21H,3,11H2,1-2H3. The molecule has 0 radical (unpaired) electrons. The highest BCUT2D eigenvalue weighted by atomic mass is 79.9. The molecule has 2 aromatic carbocycles. The van der Waals surface area contributed by atoms with Crippen LogP contribution in [0.1, 0.15) is 28.5 Å². The number of ether oxygens (including phenoxy) is 2. The van der Waals surface area contributed by atoms with Gasteiger partial charge in [-0.25, -0.2) is 4.79 Å². The smallest absolute Gasteiger partial charge is 0.355 e. The van der Waals surface area contributed by atoms with Gasteiger partial charge in [0.25, 0.3) is 0 Å². The molecule has 1 aromatic heterocycles. The summed E-state index contributed by atoms with van der Waals surface area (Å²) >= 11 is 3.43. The van der Waals surface area contributed by atoms with Crippen LogP contribution in [0.15, 0.2) is 46.9 Å². The van der Waals surface area contributed by atoms with Gasteiger partial charge in [0.1, 0.15) is 18.1 Å². The van der Waals surface area contributed by atoms with E-state index in [0.29, 0.717) is 5.69 Å². The molecule has 1 heterocycles. The minimum Gasteiger partial charge on any atom is -0.496 e. The number of aryl methyl sites for hydroxylation is 1. The monoisotopic (exact) mass is 387 g/mol. The van der Waals surface area contributed by atoms with Crippen LogP contribution in [-0.4, -0.2) is 18.1 Å². The summed E-state index contributed by atoms with van der Waals surface area (Å²) in [4.78, 5) is 15.7. The van der Waals surface area contributed by atoms with Crippen molar-refractivity contribution in [2.75, 3.05) is 7.11 Å². The van der Waals surface area contributed by atoms with Crippen LogP contribution >= 0.6 is 15.9 Å². The van der Waals surface area contributed by atoms with E-state index in [9.17, 15) is 4.79 Å². The number of esters is 1. The first kappa shape index (κ1) is 16.6. The van der Waals surface area contributed by atoms with Gasteiger partial charge in [-0.2, -0.15) is 0 Å². The predicted molar refractivity (Wildman–Crippen MR) is 97.5 cm³/mol. The van der Waals surface area contributed by atoms with Crippen molar-refractivity contribution in [3.05, 3.63) is 63.8 Å². The maximum atomic E-state index is 12.5. The molecule has 0 amide bonds. The van der Waals surface area contributed by atoms with E-state index < -0.39 is 0 Å². The number of methoxy groups -OCH3 is 1. The second-order valence-corrected chi connectivity index (χ2v) is 6.28. The lowest BCUT2D eigenvalue weighted by Gasteiger charge is -2.08. The van der Waals surface area contributed by atoms with E-state index in [-0.39, 0.29) is 12.6 Å². The van der Waals surface area contributed by atoms with Gasteiger partial charge in [0.2, 0.25) is 0 Å². The molecule has 3 aromatic rings. The van der Waals surface area contributed by atoms with Crippen LogP contribution in [0.3, 0.4) is 0 Å². The van der Waals surface area contributed by atoms with E-state index in [0.717, 1.165) is 38.7 Å². The maximum Gasteiger partial charge on any atom is 0.355 e. The van der Waals surface area contributed by atoms with Gasteiger partial charge in [-0.1, -0.05) is 31.2 Å². The van der Waals surface area contributed by atoms with Crippen molar-refractivity contribution in [1.82, 2.24) is 4.98 Å². The van der Waals surface area contributed by atoms with Gasteiger partial charge in [-0.15, -0.1) is 0 Å². The molecular weight excluding hydrogens is 370 g/mol. The third-order valence-corrected chi connectivity index (χ3v) is 4.58. The minimum atomic E-state index is -0.338. The summed E-state index contributed by atoms with van der Waals surface area (Å²) in [5.74, 6) is 0.406. The van der Waals surface area contributed by atoms with Crippen molar-refractivity contribution in [2.45, 2.75) is 20.0 Å². The molecule has 1 N–H and O–H groups in total. The summed E-state index contributed by atoms with van der Waals surface area (Å²) in [5.41, 5.74) is 3.37. The van der Waals surface area contributed by atoms with Crippen LogP contribution in [0.5, 0.6) is 5.75 Å². The van der Waals surface area contributed by atoms with E-state index in [1.807, 2.05) is 49.4 Å². The maximum absolute atomic E-state index is 12.5. The molecule has 0 aliphatic heterocycles. The van der Waals surface area contributed by atoms with Gasteiger partial charge >= 0.3 is 5.97 Å². The zero-order valence-corrected chi connectivity index (χ0v) is 15.1. The highest BCUT2D eigenvalue weighted by Crippen LogP contribution is 2.27. The van der Waals surface area contributed by atoms with E-state index in [2.05, 4.69) is 20.9 Å². The molecule has 5 heteroatoms. The van der Waals surface area contributed by atoms with Crippen LogP contribution in [0.4, 0.5) is 0 Å². The zero-order chi connectivity index (χ0) is 17.1. The highest BCUT2D eigenvalue weighted by molar-refractivity contribution is 9.10. The topological polar surface area (TPSA) is 51.3 Å². The van der Waals surface area contributed by atoms with Crippen LogP contribution in [0.2, 0.25) is 0 Å². The number of para-hydroxylation sites is 1. The van der Waals surface area contributed by atoms with Crippen LogP contribution in [0, 0.1) is 0 Å². The number of carbonyl (C=O) groups excluding carboxylic acids is 1. The first-order valence-corrected chi connectivity index (χ1v) is 8.52. The largest absolute Gasteiger partial charge is 0.496 e. The predicted octanol–water partition coefficient (Wildman–Crippen LogP) is 4.86. The first-order chi connectivity index (χ1) is 11.6. The zero-order valence-electron chi connectivity index (χ0n) is 13.6. The molecule has 0 unspecified atom stereocenters. The summed E-state index contributed by atoms with van der Waals surface area (Å²) in [6.07, 6.45) is 0.766. The van der Waals surface area contributed by atoms with E-state index in [4.69, 9.17) is 9.47 Å². The number of carbonyl (C=O) groups is 1. The number of halogens is 1. The summed E-state index contributed by atoms with van der Waals surface area (Å²) in [6.45, 7) is 2.24. The van der Waals surface area contributed by atoms with Crippen molar-refractivity contribution in [3.63, 3.8) is 0 Å². The number of aromatic amines is 1. The Balaban J connectivity index is 1.79. The van der Waals surface area contributed by atoms with Crippen molar-refractivity contribution in [2.24, 2.45) is 0 Å². The number of benzene rings is 2. The molecule has 0 fully saturated rings. The van der Waals surface area contributed by atoms with Crippen molar-refractivity contribution < 1.29 is 14.3 Å². The Labute approximate surface area is 148 Å². The molecule has 4 nitrogen and oxygen atoms in total. The lowest BCUT2D eigenvalue weighted by atomic mass is 10.1. The molecule has 3 rings (SSSR count). The Bertz CT molecular complexity index is 885. The quantitative estimate of drug-likeness (QED) is 0.636. The second-order valence-electron chi connectivity index (χ2n) is 5.42. The molecule has 0 spiro atoms. The summed E-state index contributed by atoms with van der Waals surface area (Å²) < 4.78 is 11.5. The molecule has 24 heavy (non-hydrogen) atoms. The van der Waals surface area contributed by atoms with Crippen molar-refractivity contribution in [3.8, 4) is 5.75 Å². The summed E-state index contributed by atoms with van der Waals surface area (Å²) in [5, 5.41) is 1.07. The highest BCUT2D eigenvalue weighted by Gasteiger charge is 2.17. The Kier molecular flexibility index (Phi) is 4.90. The Morgan fingerprint density at radius 1 is 1.21 bits per heavy atom. The fourth-order valence-electron chi connectivity index (χ4n) is 2.76. The molecule has 0 saturated heterocycles.